The number of nitrogens with one attached hydrogen (secondary N) is 3. The summed E-state index contributed by atoms with van der Waals surface area (Å²) in [7, 11) is 0. The van der Waals surface area contributed by atoms with Crippen LogP contribution in [0.25, 0.3) is 11.2 Å². The van der Waals surface area contributed by atoms with Crippen molar-refractivity contribution in [1.82, 2.24) is 40.0 Å². The predicted molar refractivity (Wildman–Crippen MR) is 238 cm³/mol. The molecule has 5 aromatic rings. The van der Waals surface area contributed by atoms with E-state index in [9.17, 15) is 24.0 Å². The van der Waals surface area contributed by atoms with Gasteiger partial charge in [0.25, 0.3) is 17.7 Å². The number of benzene rings is 3. The Morgan fingerprint density at radius 2 is 1.48 bits per heavy atom. The van der Waals surface area contributed by atoms with Crippen molar-refractivity contribution in [2.75, 3.05) is 60.9 Å². The first-order chi connectivity index (χ1) is 30.6. The van der Waals surface area contributed by atoms with Crippen molar-refractivity contribution in [3.05, 3.63) is 100 Å². The first kappa shape index (κ1) is 40.9. The summed E-state index contributed by atoms with van der Waals surface area (Å²) in [6.07, 6.45) is 7.23. The number of fused-ring (bicyclic) bond motifs is 2. The monoisotopic (exact) mass is 889 g/mol. The van der Waals surface area contributed by atoms with Crippen molar-refractivity contribution in [3.63, 3.8) is 0 Å². The molecule has 4 aliphatic heterocycles. The summed E-state index contributed by atoms with van der Waals surface area (Å²) < 4.78 is 2.05. The molecule has 10 rings (SSSR count). The average molecular weight is 891 g/mol. The Hall–Kier alpha value is -6.10. The van der Waals surface area contributed by atoms with Gasteiger partial charge in [-0.05, 0) is 92.6 Å². The Balaban J connectivity index is 0.682. The number of hydrogen-bond donors (Lipinski definition) is 3. The van der Waals surface area contributed by atoms with Crippen LogP contribution < -0.4 is 25.8 Å². The average Bonchev–Trinajstić information content (AvgIpc) is 3.80. The van der Waals surface area contributed by atoms with Crippen molar-refractivity contribution in [2.45, 2.75) is 56.7 Å². The number of aromatic nitrogens is 4. The van der Waals surface area contributed by atoms with E-state index < -0.39 is 29.7 Å². The molecule has 5 aliphatic rings. The Labute approximate surface area is 372 Å². The molecule has 1 aliphatic carbocycles. The molecule has 1 unspecified atom stereocenters. The van der Waals surface area contributed by atoms with E-state index in [-0.39, 0.29) is 30.8 Å². The highest BCUT2D eigenvalue weighted by molar-refractivity contribution is 6.39. The largest absolute Gasteiger partial charge is 0.372 e. The minimum atomic E-state index is -0.972. The lowest BCUT2D eigenvalue weighted by molar-refractivity contribution is -0.136. The van der Waals surface area contributed by atoms with Crippen LogP contribution >= 0.6 is 23.2 Å². The first-order valence-electron chi connectivity index (χ1n) is 21.5. The van der Waals surface area contributed by atoms with Crippen LogP contribution in [0.5, 0.6) is 0 Å². The molecule has 0 bridgehead atoms. The molecule has 18 heteroatoms. The zero-order valence-corrected chi connectivity index (χ0v) is 35.8. The second-order valence-electron chi connectivity index (χ2n) is 17.0. The van der Waals surface area contributed by atoms with Crippen molar-refractivity contribution in [3.8, 4) is 0 Å². The van der Waals surface area contributed by atoms with Crippen LogP contribution in [0.2, 0.25) is 10.0 Å². The van der Waals surface area contributed by atoms with Crippen LogP contribution in [0, 0.1) is 5.92 Å². The Kier molecular flexibility index (Phi) is 11.0. The summed E-state index contributed by atoms with van der Waals surface area (Å²) in [5.74, 6) is -1.01. The molecule has 5 amide bonds. The van der Waals surface area contributed by atoms with Crippen molar-refractivity contribution in [1.29, 1.82) is 0 Å². The molecule has 1 saturated carbocycles. The summed E-state index contributed by atoms with van der Waals surface area (Å²) in [5.41, 5.74) is 5.29. The van der Waals surface area contributed by atoms with E-state index in [1.807, 2.05) is 10.6 Å². The smallest absolute Gasteiger partial charge is 0.262 e. The molecular weight excluding hydrogens is 845 g/mol. The van der Waals surface area contributed by atoms with Crippen molar-refractivity contribution >= 4 is 86.8 Å². The highest BCUT2D eigenvalue weighted by Crippen LogP contribution is 2.37. The van der Waals surface area contributed by atoms with E-state index in [0.717, 1.165) is 93.4 Å². The quantitative estimate of drug-likeness (QED) is 0.151. The second-order valence-corrected chi connectivity index (χ2v) is 17.8. The fraction of sp³-hybridized carbons (Fsp3) is 0.378. The van der Waals surface area contributed by atoms with E-state index in [0.29, 0.717) is 44.0 Å². The van der Waals surface area contributed by atoms with Crippen LogP contribution in [0.4, 0.5) is 22.9 Å². The molecule has 324 valence electrons. The zero-order chi connectivity index (χ0) is 43.4. The first-order valence-corrected chi connectivity index (χ1v) is 22.2. The normalized spacial score (nSPS) is 22.0. The number of piperidine rings is 2. The van der Waals surface area contributed by atoms with Crippen LogP contribution in [-0.4, -0.2) is 117 Å². The minimum Gasteiger partial charge on any atom is -0.372 e. The number of amides is 5. The molecule has 3 N–H and O–H groups in total. The lowest BCUT2D eigenvalue weighted by atomic mass is 9.86. The fourth-order valence-corrected chi connectivity index (χ4v) is 10.2. The summed E-state index contributed by atoms with van der Waals surface area (Å²) in [6.45, 7) is 6.44. The molecule has 1 atom stereocenters. The number of carbonyl (C=O) groups is 5. The number of imidazole rings is 1. The van der Waals surface area contributed by atoms with Crippen LogP contribution in [0.15, 0.2) is 73.3 Å². The molecule has 63 heavy (non-hydrogen) atoms. The van der Waals surface area contributed by atoms with E-state index in [4.69, 9.17) is 23.2 Å². The maximum Gasteiger partial charge on any atom is 0.262 e. The van der Waals surface area contributed by atoms with Gasteiger partial charge in [-0.1, -0.05) is 29.3 Å². The molecule has 4 fully saturated rings. The number of imide groups is 2. The van der Waals surface area contributed by atoms with Crippen LogP contribution in [0.1, 0.15) is 75.6 Å². The molecule has 0 spiro atoms. The lowest BCUT2D eigenvalue weighted by Crippen LogP contribution is -2.54. The number of hydrogen-bond acceptors (Lipinski definition) is 12. The number of nitrogens with zero attached hydrogens (tertiary/aromatic N) is 8. The van der Waals surface area contributed by atoms with Gasteiger partial charge in [0.05, 0.1) is 33.1 Å². The van der Waals surface area contributed by atoms with Gasteiger partial charge >= 0.3 is 0 Å². The van der Waals surface area contributed by atoms with Gasteiger partial charge in [-0.2, -0.15) is 0 Å². The number of piperazine rings is 1. The maximum atomic E-state index is 13.4. The summed E-state index contributed by atoms with van der Waals surface area (Å²) in [4.78, 5) is 85.4. The summed E-state index contributed by atoms with van der Waals surface area (Å²) in [6, 6.07) is 17.9. The van der Waals surface area contributed by atoms with Gasteiger partial charge in [-0.3, -0.25) is 39.1 Å². The molecule has 16 nitrogen and oxygen atoms in total. The minimum absolute atomic E-state index is 0.0162. The van der Waals surface area contributed by atoms with Gasteiger partial charge in [0.2, 0.25) is 11.8 Å². The predicted octanol–water partition coefficient (Wildman–Crippen LogP) is 5.45. The Morgan fingerprint density at radius 1 is 0.778 bits per heavy atom. The topological polar surface area (TPSA) is 178 Å². The number of carbonyl (C=O) groups excluding carboxylic acids is 5. The van der Waals surface area contributed by atoms with Gasteiger partial charge < -0.3 is 25.0 Å². The van der Waals surface area contributed by atoms with Gasteiger partial charge in [0, 0.05) is 81.4 Å². The van der Waals surface area contributed by atoms with Gasteiger partial charge in [0.1, 0.15) is 12.4 Å². The third-order valence-electron chi connectivity index (χ3n) is 13.2. The number of halogens is 2. The highest BCUT2D eigenvalue weighted by atomic mass is 35.5. The second kappa shape index (κ2) is 16.9. The van der Waals surface area contributed by atoms with Crippen LogP contribution in [-0.2, 0) is 9.59 Å². The third-order valence-corrected chi connectivity index (χ3v) is 13.8. The summed E-state index contributed by atoms with van der Waals surface area (Å²) >= 11 is 12.5. The third kappa shape index (κ3) is 7.95. The Morgan fingerprint density at radius 3 is 2.21 bits per heavy atom. The van der Waals surface area contributed by atoms with Gasteiger partial charge in [0.15, 0.2) is 17.0 Å². The molecule has 6 heterocycles. The highest BCUT2D eigenvalue weighted by Gasteiger charge is 2.45. The SMILES string of the molecule is O=C1CCC(N2C(=O)c3ccc(N4CCN(CC5CCN(c6ccc(Nc7ncnc8c7ncn8C7CC(NC(=O)c8c(Cl)cccc8Cl)C7)cc6)CC5)CC4)cc3C2=O)C(=O)N1. The van der Waals surface area contributed by atoms with E-state index in [2.05, 4.69) is 69.9 Å². The standard InChI is InChI=1S/C45H45Cl2N11O5/c46-34-2-1-3-35(47)38(34)43(61)52-28-20-31(21-28)57-25-50-39-40(48-24-49-41(39)57)51-27-4-6-29(7-5-27)55-14-12-26(13-15-55)23-54-16-18-56(19-17-54)30-8-9-32-33(22-30)45(63)58(44(32)62)36-10-11-37(59)53-42(36)60/h1-9,22,24-26,28,31,36H,10-21,23H2,(H,52,61)(H,48,49,51)(H,53,59,60). The van der Waals surface area contributed by atoms with Crippen molar-refractivity contribution in [2.24, 2.45) is 5.92 Å². The van der Waals surface area contributed by atoms with E-state index in [1.165, 1.54) is 5.69 Å². The van der Waals surface area contributed by atoms with E-state index >= 15 is 0 Å². The number of anilines is 4. The molecule has 0 radical (unpaired) electrons. The maximum absolute atomic E-state index is 13.4. The number of rotatable bonds is 10. The molecule has 3 aromatic carbocycles. The lowest BCUT2D eigenvalue weighted by Gasteiger charge is -2.40. The van der Waals surface area contributed by atoms with E-state index in [1.54, 1.807) is 43.0 Å². The van der Waals surface area contributed by atoms with Crippen molar-refractivity contribution < 1.29 is 24.0 Å². The fourth-order valence-electron chi connectivity index (χ4n) is 9.59. The Bertz CT molecular complexity index is 2620. The molecular formula is C45H45Cl2N11O5. The molecule has 3 saturated heterocycles. The molecule has 2 aromatic heterocycles. The zero-order valence-electron chi connectivity index (χ0n) is 34.3. The van der Waals surface area contributed by atoms with Crippen LogP contribution in [0.3, 0.4) is 0 Å². The summed E-state index contributed by atoms with van der Waals surface area (Å²) in [5, 5.41) is 9.38. The van der Waals surface area contributed by atoms with Gasteiger partial charge in [-0.25, -0.2) is 15.0 Å². The van der Waals surface area contributed by atoms with Gasteiger partial charge in [-0.15, -0.1) is 0 Å².